The fraction of sp³-hybridized carbons (Fsp3) is 0.667. The minimum absolute atomic E-state index is 0.274. The van der Waals surface area contributed by atoms with E-state index in [0.717, 1.165) is 23.7 Å². The van der Waals surface area contributed by atoms with Gasteiger partial charge in [-0.1, -0.05) is 45.4 Å². The summed E-state index contributed by atoms with van der Waals surface area (Å²) in [6, 6.07) is 8.02. The van der Waals surface area contributed by atoms with Crippen molar-refractivity contribution in [3.63, 3.8) is 0 Å². The predicted molar refractivity (Wildman–Crippen MR) is 82.0 cm³/mol. The van der Waals surface area contributed by atoms with Gasteiger partial charge in [0.15, 0.2) is 13.1 Å². The number of ether oxygens (including phenoxy) is 3. The van der Waals surface area contributed by atoms with E-state index in [1.165, 1.54) is 12.8 Å². The Hall–Kier alpha value is -1.06. The molecule has 116 valence electrons. The maximum absolute atomic E-state index is 6.40. The number of rotatable bonds is 3. The lowest BCUT2D eigenvalue weighted by Crippen LogP contribution is -2.36. The molecule has 0 spiro atoms. The number of para-hydroxylation sites is 1. The van der Waals surface area contributed by atoms with Crippen LogP contribution >= 0.6 is 0 Å². The van der Waals surface area contributed by atoms with Crippen molar-refractivity contribution < 1.29 is 14.2 Å². The highest BCUT2D eigenvalue weighted by atomic mass is 16.8. The van der Waals surface area contributed by atoms with Gasteiger partial charge in [-0.3, -0.25) is 0 Å². The van der Waals surface area contributed by atoms with Crippen LogP contribution in [-0.2, 0) is 9.47 Å². The average Bonchev–Trinajstić information content (AvgIpc) is 2.47. The molecule has 0 bridgehead atoms. The summed E-state index contributed by atoms with van der Waals surface area (Å²) in [7, 11) is 0. The minimum atomic E-state index is -0.286. The topological polar surface area (TPSA) is 27.7 Å². The van der Waals surface area contributed by atoms with Crippen LogP contribution in [-0.4, -0.2) is 12.9 Å². The van der Waals surface area contributed by atoms with E-state index in [4.69, 9.17) is 14.2 Å². The van der Waals surface area contributed by atoms with E-state index >= 15 is 0 Å². The summed E-state index contributed by atoms with van der Waals surface area (Å²) in [5, 5.41) is 0. The van der Waals surface area contributed by atoms with Crippen LogP contribution in [0.25, 0.3) is 0 Å². The fourth-order valence-electron chi connectivity index (χ4n) is 3.60. The van der Waals surface area contributed by atoms with Crippen LogP contribution in [0.3, 0.4) is 0 Å². The maximum Gasteiger partial charge on any atom is 0.192 e. The second-order valence-corrected chi connectivity index (χ2v) is 6.80. The molecule has 1 aliphatic heterocycles. The van der Waals surface area contributed by atoms with Gasteiger partial charge >= 0.3 is 0 Å². The molecule has 3 nitrogen and oxygen atoms in total. The lowest BCUT2D eigenvalue weighted by Gasteiger charge is -2.39. The first kappa shape index (κ1) is 14.9. The standard InChI is InChI=1S/C18H26O3/c1-12(2)14-9-8-13(3)10-17(14)21-18-15-6-4-5-7-16(15)19-11-20-18/h4-7,12-14,17-18H,8-11H2,1-3H3. The van der Waals surface area contributed by atoms with Crippen LogP contribution in [0.1, 0.15) is 51.9 Å². The molecule has 4 unspecified atom stereocenters. The molecule has 0 N–H and O–H groups in total. The summed E-state index contributed by atoms with van der Waals surface area (Å²) in [6.07, 6.45) is 3.70. The quantitative estimate of drug-likeness (QED) is 0.818. The van der Waals surface area contributed by atoms with Crippen molar-refractivity contribution in [2.24, 2.45) is 17.8 Å². The number of benzene rings is 1. The number of hydrogen-bond acceptors (Lipinski definition) is 3. The normalized spacial score (nSPS) is 32.6. The second-order valence-electron chi connectivity index (χ2n) is 6.80. The van der Waals surface area contributed by atoms with E-state index in [2.05, 4.69) is 20.8 Å². The van der Waals surface area contributed by atoms with Crippen molar-refractivity contribution in [1.82, 2.24) is 0 Å². The average molecular weight is 290 g/mol. The monoisotopic (exact) mass is 290 g/mol. The largest absolute Gasteiger partial charge is 0.467 e. The minimum Gasteiger partial charge on any atom is -0.467 e. The van der Waals surface area contributed by atoms with E-state index < -0.39 is 0 Å². The van der Waals surface area contributed by atoms with Crippen LogP contribution in [0.5, 0.6) is 5.75 Å². The van der Waals surface area contributed by atoms with Gasteiger partial charge in [0.25, 0.3) is 0 Å². The van der Waals surface area contributed by atoms with Crippen LogP contribution in [0.4, 0.5) is 0 Å². The Kier molecular flexibility index (Phi) is 4.51. The van der Waals surface area contributed by atoms with Gasteiger partial charge in [0.1, 0.15) is 5.75 Å². The lowest BCUT2D eigenvalue weighted by atomic mass is 9.75. The summed E-state index contributed by atoms with van der Waals surface area (Å²) < 4.78 is 17.7. The maximum atomic E-state index is 6.40. The molecular weight excluding hydrogens is 264 g/mol. The molecular formula is C18H26O3. The van der Waals surface area contributed by atoms with Crippen molar-refractivity contribution in [1.29, 1.82) is 0 Å². The third kappa shape index (κ3) is 3.24. The Morgan fingerprint density at radius 3 is 2.81 bits per heavy atom. The van der Waals surface area contributed by atoms with Gasteiger partial charge in [0, 0.05) is 0 Å². The highest BCUT2D eigenvalue weighted by Crippen LogP contribution is 2.40. The SMILES string of the molecule is CC1CCC(C(C)C)C(OC2OCOc3ccccc32)C1. The zero-order valence-electron chi connectivity index (χ0n) is 13.2. The van der Waals surface area contributed by atoms with Gasteiger partial charge < -0.3 is 14.2 Å². The van der Waals surface area contributed by atoms with Crippen LogP contribution in [0.15, 0.2) is 24.3 Å². The molecule has 1 aromatic rings. The highest BCUT2D eigenvalue weighted by molar-refractivity contribution is 5.35. The van der Waals surface area contributed by atoms with Crippen molar-refractivity contribution in [3.05, 3.63) is 29.8 Å². The van der Waals surface area contributed by atoms with Crippen molar-refractivity contribution in [2.45, 2.75) is 52.4 Å². The Balaban J connectivity index is 1.76. The molecule has 2 aliphatic rings. The summed E-state index contributed by atoms with van der Waals surface area (Å²) in [5.74, 6) is 2.90. The first-order chi connectivity index (χ1) is 10.1. The van der Waals surface area contributed by atoms with Gasteiger partial charge in [-0.05, 0) is 36.7 Å². The molecule has 3 rings (SSSR count). The van der Waals surface area contributed by atoms with Crippen molar-refractivity contribution >= 4 is 0 Å². The zero-order chi connectivity index (χ0) is 14.8. The van der Waals surface area contributed by atoms with Gasteiger partial charge in [0.05, 0.1) is 11.7 Å². The Morgan fingerprint density at radius 2 is 2.00 bits per heavy atom. The van der Waals surface area contributed by atoms with Crippen LogP contribution in [0, 0.1) is 17.8 Å². The molecule has 21 heavy (non-hydrogen) atoms. The Bertz CT molecular complexity index is 471. The van der Waals surface area contributed by atoms with E-state index in [1.807, 2.05) is 24.3 Å². The van der Waals surface area contributed by atoms with E-state index in [9.17, 15) is 0 Å². The Morgan fingerprint density at radius 1 is 1.19 bits per heavy atom. The molecule has 3 heteroatoms. The van der Waals surface area contributed by atoms with E-state index in [1.54, 1.807) is 0 Å². The first-order valence-corrected chi connectivity index (χ1v) is 8.14. The number of hydrogen-bond donors (Lipinski definition) is 0. The molecule has 0 aromatic heterocycles. The van der Waals surface area contributed by atoms with Gasteiger partial charge in [-0.25, -0.2) is 0 Å². The predicted octanol–water partition coefficient (Wildman–Crippen LogP) is 4.53. The molecule has 0 saturated heterocycles. The fourth-order valence-corrected chi connectivity index (χ4v) is 3.60. The third-order valence-corrected chi connectivity index (χ3v) is 4.87. The summed E-state index contributed by atoms with van der Waals surface area (Å²) in [5.41, 5.74) is 1.02. The third-order valence-electron chi connectivity index (χ3n) is 4.87. The number of fused-ring (bicyclic) bond motifs is 1. The molecule has 1 fully saturated rings. The molecule has 0 amide bonds. The van der Waals surface area contributed by atoms with Gasteiger partial charge in [0.2, 0.25) is 0 Å². The summed E-state index contributed by atoms with van der Waals surface area (Å²) in [6.45, 7) is 7.20. The second kappa shape index (κ2) is 6.37. The summed E-state index contributed by atoms with van der Waals surface area (Å²) >= 11 is 0. The molecule has 0 radical (unpaired) electrons. The Labute approximate surface area is 127 Å². The molecule has 1 aromatic carbocycles. The van der Waals surface area contributed by atoms with Gasteiger partial charge in [-0.2, -0.15) is 0 Å². The molecule has 1 heterocycles. The zero-order valence-corrected chi connectivity index (χ0v) is 13.2. The summed E-state index contributed by atoms with van der Waals surface area (Å²) in [4.78, 5) is 0. The first-order valence-electron chi connectivity index (χ1n) is 8.14. The van der Waals surface area contributed by atoms with Crippen LogP contribution in [0.2, 0.25) is 0 Å². The lowest BCUT2D eigenvalue weighted by molar-refractivity contribution is -0.232. The van der Waals surface area contributed by atoms with Crippen molar-refractivity contribution in [2.75, 3.05) is 6.79 Å². The molecule has 4 atom stereocenters. The van der Waals surface area contributed by atoms with Gasteiger partial charge in [-0.15, -0.1) is 0 Å². The van der Waals surface area contributed by atoms with E-state index in [-0.39, 0.29) is 19.2 Å². The smallest absolute Gasteiger partial charge is 0.192 e. The van der Waals surface area contributed by atoms with Crippen LogP contribution < -0.4 is 4.74 Å². The highest BCUT2D eigenvalue weighted by Gasteiger charge is 2.35. The van der Waals surface area contributed by atoms with Crippen molar-refractivity contribution in [3.8, 4) is 5.75 Å². The molecule has 1 saturated carbocycles. The molecule has 1 aliphatic carbocycles. The van der Waals surface area contributed by atoms with E-state index in [0.29, 0.717) is 11.8 Å².